The van der Waals surface area contributed by atoms with Crippen LogP contribution in [0.3, 0.4) is 0 Å². The van der Waals surface area contributed by atoms with Crippen LogP contribution >= 0.6 is 0 Å². The molecule has 4 rings (SSSR count). The lowest BCUT2D eigenvalue weighted by atomic mass is 9.96. The zero-order chi connectivity index (χ0) is 19.7. The van der Waals surface area contributed by atoms with Crippen LogP contribution in [0.25, 0.3) is 33.3 Å². The van der Waals surface area contributed by atoms with Gasteiger partial charge in [-0.15, -0.1) is 0 Å². The molecule has 4 aromatic rings. The Morgan fingerprint density at radius 1 is 0.893 bits per heavy atom. The van der Waals surface area contributed by atoms with Crippen LogP contribution in [0.2, 0.25) is 0 Å². The Hall–Kier alpha value is -3.73. The Kier molecular flexibility index (Phi) is 4.49. The molecule has 0 fully saturated rings. The first-order valence-electron chi connectivity index (χ1n) is 8.84. The molecule has 0 bridgehead atoms. The average molecular weight is 370 g/mol. The lowest BCUT2D eigenvalue weighted by Crippen LogP contribution is -2.19. The van der Waals surface area contributed by atoms with Gasteiger partial charge in [0, 0.05) is 29.8 Å². The van der Waals surface area contributed by atoms with Crippen LogP contribution in [0.1, 0.15) is 10.4 Å². The van der Waals surface area contributed by atoms with E-state index in [0.717, 1.165) is 11.1 Å². The van der Waals surface area contributed by atoms with Crippen molar-refractivity contribution < 1.29 is 9.53 Å². The lowest BCUT2D eigenvalue weighted by Gasteiger charge is -2.15. The second-order valence-electron chi connectivity index (χ2n) is 6.43. The molecule has 0 radical (unpaired) electrons. The van der Waals surface area contributed by atoms with E-state index in [0.29, 0.717) is 27.7 Å². The maximum atomic E-state index is 13.0. The summed E-state index contributed by atoms with van der Waals surface area (Å²) in [6.45, 7) is 0. The standard InChI is InChI=1S/C23H18N2O3/c1-25-14-13-17-18(22(25)26)20(15-9-5-3-6-10-15)24-21(19(17)23(27)28-2)16-11-7-4-8-12-16/h3-14H,1-2H3. The largest absolute Gasteiger partial charge is 0.465 e. The number of ether oxygens (including phenoxy) is 1. The summed E-state index contributed by atoms with van der Waals surface area (Å²) in [5.74, 6) is -0.524. The molecular formula is C23H18N2O3. The average Bonchev–Trinajstić information content (AvgIpc) is 2.75. The van der Waals surface area contributed by atoms with Gasteiger partial charge in [0.1, 0.15) is 0 Å². The number of aromatic nitrogens is 2. The molecule has 0 aliphatic rings. The molecule has 0 aliphatic carbocycles. The van der Waals surface area contributed by atoms with Gasteiger partial charge in [0.05, 0.1) is 29.4 Å². The number of pyridine rings is 2. The first-order valence-corrected chi connectivity index (χ1v) is 8.84. The molecule has 2 heterocycles. The summed E-state index contributed by atoms with van der Waals surface area (Å²) in [5, 5.41) is 0.930. The van der Waals surface area contributed by atoms with Gasteiger partial charge >= 0.3 is 5.97 Å². The number of benzene rings is 2. The van der Waals surface area contributed by atoms with E-state index >= 15 is 0 Å². The number of fused-ring (bicyclic) bond motifs is 1. The third kappa shape index (κ3) is 2.87. The van der Waals surface area contributed by atoms with Crippen molar-refractivity contribution in [2.75, 3.05) is 7.11 Å². The zero-order valence-corrected chi connectivity index (χ0v) is 15.5. The molecule has 0 atom stereocenters. The Morgan fingerprint density at radius 2 is 1.46 bits per heavy atom. The number of carbonyl (C=O) groups excluding carboxylic acids is 1. The van der Waals surface area contributed by atoms with Crippen molar-refractivity contribution in [3.05, 3.63) is 88.8 Å². The van der Waals surface area contributed by atoms with Crippen molar-refractivity contribution in [2.45, 2.75) is 0 Å². The number of aryl methyl sites for hydroxylation is 1. The van der Waals surface area contributed by atoms with Crippen LogP contribution in [0.4, 0.5) is 0 Å². The number of hydrogen-bond donors (Lipinski definition) is 0. The quantitative estimate of drug-likeness (QED) is 0.511. The Labute approximate surface area is 161 Å². The van der Waals surface area contributed by atoms with Gasteiger partial charge in [0.15, 0.2) is 0 Å². The lowest BCUT2D eigenvalue weighted by molar-refractivity contribution is 0.0603. The minimum absolute atomic E-state index is 0.214. The fourth-order valence-electron chi connectivity index (χ4n) is 3.34. The molecule has 0 spiro atoms. The third-order valence-electron chi connectivity index (χ3n) is 4.72. The van der Waals surface area contributed by atoms with E-state index in [1.807, 2.05) is 60.7 Å². The van der Waals surface area contributed by atoms with Crippen LogP contribution in [0.5, 0.6) is 0 Å². The highest BCUT2D eigenvalue weighted by Gasteiger charge is 2.24. The summed E-state index contributed by atoms with van der Waals surface area (Å²) in [7, 11) is 3.01. The summed E-state index contributed by atoms with van der Waals surface area (Å²) in [4.78, 5) is 30.5. The predicted octanol–water partition coefficient (Wildman–Crippen LogP) is 4.05. The van der Waals surface area contributed by atoms with Crippen molar-refractivity contribution in [3.8, 4) is 22.5 Å². The molecule has 0 N–H and O–H groups in total. The van der Waals surface area contributed by atoms with E-state index in [9.17, 15) is 9.59 Å². The second kappa shape index (κ2) is 7.12. The normalized spacial score (nSPS) is 10.8. The highest BCUT2D eigenvalue weighted by atomic mass is 16.5. The number of methoxy groups -OCH3 is 1. The SMILES string of the molecule is COC(=O)c1c(-c2ccccc2)nc(-c2ccccc2)c2c(=O)n(C)ccc12. The molecule has 0 aliphatic heterocycles. The summed E-state index contributed by atoms with van der Waals surface area (Å²) in [5.41, 5.74) is 2.71. The fraction of sp³-hybridized carbons (Fsp3) is 0.0870. The number of hydrogen-bond acceptors (Lipinski definition) is 4. The van der Waals surface area contributed by atoms with Gasteiger partial charge in [0.2, 0.25) is 0 Å². The smallest absolute Gasteiger partial charge is 0.340 e. The number of esters is 1. The van der Waals surface area contributed by atoms with Crippen LogP contribution in [-0.4, -0.2) is 22.6 Å². The van der Waals surface area contributed by atoms with Crippen LogP contribution in [-0.2, 0) is 11.8 Å². The summed E-state index contributed by atoms with van der Waals surface area (Å²) in [6, 6.07) is 20.7. The van der Waals surface area contributed by atoms with E-state index in [-0.39, 0.29) is 5.56 Å². The molecular weight excluding hydrogens is 352 g/mol. The fourth-order valence-corrected chi connectivity index (χ4v) is 3.34. The highest BCUT2D eigenvalue weighted by Crippen LogP contribution is 2.33. The molecule has 0 amide bonds. The molecule has 0 unspecified atom stereocenters. The van der Waals surface area contributed by atoms with E-state index in [2.05, 4.69) is 0 Å². The van der Waals surface area contributed by atoms with Crippen LogP contribution in [0.15, 0.2) is 77.7 Å². The molecule has 138 valence electrons. The molecule has 28 heavy (non-hydrogen) atoms. The van der Waals surface area contributed by atoms with Crippen molar-refractivity contribution in [2.24, 2.45) is 7.05 Å². The highest BCUT2D eigenvalue weighted by molar-refractivity contribution is 6.12. The maximum Gasteiger partial charge on any atom is 0.340 e. The van der Waals surface area contributed by atoms with Crippen LogP contribution in [0, 0.1) is 0 Å². The third-order valence-corrected chi connectivity index (χ3v) is 4.72. The van der Waals surface area contributed by atoms with E-state index in [1.165, 1.54) is 11.7 Å². The van der Waals surface area contributed by atoms with Crippen molar-refractivity contribution in [1.29, 1.82) is 0 Å². The summed E-state index contributed by atoms with van der Waals surface area (Å²) < 4.78 is 6.52. The molecule has 2 aromatic heterocycles. The van der Waals surface area contributed by atoms with Crippen molar-refractivity contribution in [3.63, 3.8) is 0 Å². The molecule has 2 aromatic carbocycles. The second-order valence-corrected chi connectivity index (χ2v) is 6.43. The first-order chi connectivity index (χ1) is 13.6. The number of nitrogens with zero attached hydrogens (tertiary/aromatic N) is 2. The van der Waals surface area contributed by atoms with Gasteiger partial charge in [-0.1, -0.05) is 60.7 Å². The van der Waals surface area contributed by atoms with Gasteiger partial charge in [-0.25, -0.2) is 9.78 Å². The predicted molar refractivity (Wildman–Crippen MR) is 109 cm³/mol. The Morgan fingerprint density at radius 3 is 2.04 bits per heavy atom. The first kappa shape index (κ1) is 17.7. The number of carbonyl (C=O) groups is 1. The Bertz CT molecular complexity index is 1230. The van der Waals surface area contributed by atoms with Crippen LogP contribution < -0.4 is 5.56 Å². The Balaban J connectivity index is 2.22. The van der Waals surface area contributed by atoms with Gasteiger partial charge < -0.3 is 9.30 Å². The zero-order valence-electron chi connectivity index (χ0n) is 15.5. The summed E-state index contributed by atoms with van der Waals surface area (Å²) >= 11 is 0. The number of rotatable bonds is 3. The molecule has 0 saturated carbocycles. The maximum absolute atomic E-state index is 13.0. The van der Waals surface area contributed by atoms with Crippen molar-refractivity contribution >= 4 is 16.7 Å². The monoisotopic (exact) mass is 370 g/mol. The topological polar surface area (TPSA) is 61.2 Å². The van der Waals surface area contributed by atoms with Crippen molar-refractivity contribution in [1.82, 2.24) is 9.55 Å². The van der Waals surface area contributed by atoms with E-state index < -0.39 is 5.97 Å². The molecule has 0 saturated heterocycles. The van der Waals surface area contributed by atoms with Gasteiger partial charge in [-0.3, -0.25) is 4.79 Å². The van der Waals surface area contributed by atoms with Gasteiger partial charge in [0.25, 0.3) is 5.56 Å². The van der Waals surface area contributed by atoms with Gasteiger partial charge in [-0.05, 0) is 6.07 Å². The van der Waals surface area contributed by atoms with E-state index in [1.54, 1.807) is 19.3 Å². The van der Waals surface area contributed by atoms with Gasteiger partial charge in [-0.2, -0.15) is 0 Å². The molecule has 5 heteroatoms. The van der Waals surface area contributed by atoms with E-state index in [4.69, 9.17) is 9.72 Å². The molecule has 5 nitrogen and oxygen atoms in total. The minimum Gasteiger partial charge on any atom is -0.465 e. The summed E-state index contributed by atoms with van der Waals surface area (Å²) in [6.07, 6.45) is 1.65. The minimum atomic E-state index is -0.524.